The summed E-state index contributed by atoms with van der Waals surface area (Å²) in [5.74, 6) is -0.112. The second-order valence-corrected chi connectivity index (χ2v) is 9.72. The first-order valence-electron chi connectivity index (χ1n) is 10.5. The molecule has 0 unspecified atom stereocenters. The molecule has 0 bridgehead atoms. The Labute approximate surface area is 195 Å². The topological polar surface area (TPSA) is 61.1 Å². The molecule has 3 aromatic rings. The molecule has 0 fully saturated rings. The molecule has 5 nitrogen and oxygen atoms in total. The monoisotopic (exact) mass is 450 g/mol. The zero-order chi connectivity index (χ0) is 22.3. The van der Waals surface area contributed by atoms with E-state index < -0.39 is 0 Å². The van der Waals surface area contributed by atoms with Crippen LogP contribution in [0.15, 0.2) is 42.5 Å². The lowest BCUT2D eigenvalue weighted by molar-refractivity contribution is 0.0894. The molecular weight excluding hydrogens is 420 g/mol. The first-order valence-corrected chi connectivity index (χ1v) is 10.8. The molecule has 0 saturated heterocycles. The average Bonchev–Trinajstić information content (AvgIpc) is 3.19. The van der Waals surface area contributed by atoms with Crippen molar-refractivity contribution in [2.45, 2.75) is 40.3 Å². The normalized spacial score (nSPS) is 16.5. The van der Waals surface area contributed by atoms with Crippen molar-refractivity contribution in [2.75, 3.05) is 20.6 Å². The van der Waals surface area contributed by atoms with Gasteiger partial charge in [0.2, 0.25) is 0 Å². The van der Waals surface area contributed by atoms with Crippen LogP contribution in [0.5, 0.6) is 0 Å². The van der Waals surface area contributed by atoms with Gasteiger partial charge in [-0.05, 0) is 73.5 Å². The van der Waals surface area contributed by atoms with Crippen LogP contribution in [-0.2, 0) is 13.0 Å². The minimum absolute atomic E-state index is 0. The van der Waals surface area contributed by atoms with Crippen molar-refractivity contribution < 1.29 is 4.79 Å². The van der Waals surface area contributed by atoms with Crippen LogP contribution in [0.1, 0.15) is 54.5 Å². The maximum absolute atomic E-state index is 13.5. The highest BCUT2D eigenvalue weighted by atomic mass is 35.5. The van der Waals surface area contributed by atoms with Crippen LogP contribution < -0.4 is 5.32 Å². The van der Waals surface area contributed by atoms with Crippen LogP contribution >= 0.6 is 11.6 Å². The molecule has 1 amide bonds. The summed E-state index contributed by atoms with van der Waals surface area (Å²) in [5.41, 5.74) is 4.32. The molecule has 6 heteroatoms. The van der Waals surface area contributed by atoms with Gasteiger partial charge in [0.1, 0.15) is 5.69 Å². The fraction of sp³-hybridized carbons (Fsp3) is 0.385. The highest BCUT2D eigenvalue weighted by molar-refractivity contribution is 6.31. The Morgan fingerprint density at radius 1 is 1.25 bits per heavy atom. The maximum Gasteiger partial charge on any atom is 0.268 e. The second kappa shape index (κ2) is 8.97. The van der Waals surface area contributed by atoms with Crippen LogP contribution in [0.25, 0.3) is 10.9 Å². The summed E-state index contributed by atoms with van der Waals surface area (Å²) in [4.78, 5) is 15.6. The molecule has 4 rings (SSSR count). The van der Waals surface area contributed by atoms with Crippen LogP contribution in [0.4, 0.5) is 0 Å². The predicted octanol–water partition coefficient (Wildman–Crippen LogP) is 5.42. The van der Waals surface area contributed by atoms with Crippen molar-refractivity contribution in [1.29, 1.82) is 5.26 Å². The summed E-state index contributed by atoms with van der Waals surface area (Å²) in [6.07, 6.45) is 0.859. The Bertz CT molecular complexity index is 1200. The molecule has 1 N–H and O–H groups in total. The molecular formula is C26H31ClN4O. The molecule has 1 atom stereocenters. The average molecular weight is 451 g/mol. The minimum Gasteiger partial charge on any atom is -0.343 e. The van der Waals surface area contributed by atoms with Crippen molar-refractivity contribution in [3.63, 3.8) is 0 Å². The van der Waals surface area contributed by atoms with E-state index in [1.807, 2.05) is 56.6 Å². The lowest BCUT2D eigenvalue weighted by atomic mass is 9.85. The van der Waals surface area contributed by atoms with Crippen LogP contribution in [-0.4, -0.2) is 36.0 Å². The number of likely N-dealkylation sites (N-methyl/N-ethyl adjacent to an activating group) is 1. The van der Waals surface area contributed by atoms with Gasteiger partial charge < -0.3 is 14.8 Å². The van der Waals surface area contributed by atoms with Gasteiger partial charge in [-0.15, -0.1) is 0 Å². The number of nitrogens with zero attached hydrogens (tertiary/aromatic N) is 3. The van der Waals surface area contributed by atoms with Gasteiger partial charge in [-0.25, -0.2) is 0 Å². The van der Waals surface area contributed by atoms with E-state index in [-0.39, 0.29) is 24.8 Å². The van der Waals surface area contributed by atoms with Gasteiger partial charge in [0.05, 0.1) is 17.7 Å². The highest BCUT2D eigenvalue weighted by Gasteiger charge is 2.40. The second-order valence-electron chi connectivity index (χ2n) is 9.28. The fourth-order valence-corrected chi connectivity index (χ4v) is 4.74. The van der Waals surface area contributed by atoms with Gasteiger partial charge in [-0.3, -0.25) is 4.79 Å². The standard InChI is InChI=1S/C25H27ClN4O.CH4/c1-25(2)14-17-6-5-16(15-27)11-20(17)23(25)28-24(31)22-13-18-12-19(26)7-8-21(18)30(22)10-9-29(3)4;/h5-8,11-13,23H,9-10,14H2,1-4H3,(H,28,31);1H4/t23-;/m0./s1. The van der Waals surface area contributed by atoms with Crippen molar-refractivity contribution in [2.24, 2.45) is 5.41 Å². The number of nitrogens with one attached hydrogen (secondary N) is 1. The molecule has 0 saturated carbocycles. The van der Waals surface area contributed by atoms with E-state index in [2.05, 4.69) is 34.7 Å². The van der Waals surface area contributed by atoms with Crippen LogP contribution in [0.3, 0.4) is 0 Å². The smallest absolute Gasteiger partial charge is 0.268 e. The number of benzene rings is 2. The first-order chi connectivity index (χ1) is 14.7. The first kappa shape index (κ1) is 23.8. The van der Waals surface area contributed by atoms with Gasteiger partial charge in [0, 0.05) is 29.0 Å². The number of carbonyl (C=O) groups excluding carboxylic acids is 1. The Hall–Kier alpha value is -2.81. The number of amides is 1. The van der Waals surface area contributed by atoms with Gasteiger partial charge in [-0.1, -0.05) is 38.9 Å². The number of hydrogen-bond donors (Lipinski definition) is 1. The molecule has 168 valence electrons. The lowest BCUT2D eigenvalue weighted by Gasteiger charge is -2.29. The highest BCUT2D eigenvalue weighted by Crippen LogP contribution is 2.45. The quantitative estimate of drug-likeness (QED) is 0.564. The van der Waals surface area contributed by atoms with E-state index in [4.69, 9.17) is 11.6 Å². The van der Waals surface area contributed by atoms with Gasteiger partial charge >= 0.3 is 0 Å². The maximum atomic E-state index is 13.5. The Balaban J connectivity index is 0.00000289. The zero-order valence-corrected chi connectivity index (χ0v) is 19.1. The number of fused-ring (bicyclic) bond motifs is 2. The number of carbonyl (C=O) groups is 1. The number of rotatable bonds is 5. The lowest BCUT2D eigenvalue weighted by Crippen LogP contribution is -2.36. The SMILES string of the molecule is C.CN(C)CCn1c(C(=O)N[C@H]2c3cc(C#N)ccc3CC2(C)C)cc2cc(Cl)ccc21. The molecule has 1 aliphatic carbocycles. The predicted molar refractivity (Wildman–Crippen MR) is 131 cm³/mol. The third-order valence-corrected chi connectivity index (χ3v) is 6.39. The van der Waals surface area contributed by atoms with Crippen molar-refractivity contribution >= 4 is 28.4 Å². The van der Waals surface area contributed by atoms with Crippen LogP contribution in [0, 0.1) is 16.7 Å². The molecule has 32 heavy (non-hydrogen) atoms. The van der Waals surface area contributed by atoms with Gasteiger partial charge in [0.25, 0.3) is 5.91 Å². The van der Waals surface area contributed by atoms with E-state index in [1.54, 1.807) is 0 Å². The summed E-state index contributed by atoms with van der Waals surface area (Å²) in [5, 5.41) is 14.2. The number of hydrogen-bond acceptors (Lipinski definition) is 3. The molecule has 0 aliphatic heterocycles. The molecule has 0 radical (unpaired) electrons. The van der Waals surface area contributed by atoms with E-state index >= 15 is 0 Å². The van der Waals surface area contributed by atoms with E-state index in [1.165, 1.54) is 5.56 Å². The third-order valence-electron chi connectivity index (χ3n) is 6.16. The Morgan fingerprint density at radius 3 is 2.69 bits per heavy atom. The third kappa shape index (κ3) is 4.39. The van der Waals surface area contributed by atoms with Crippen LogP contribution in [0.2, 0.25) is 5.02 Å². The zero-order valence-electron chi connectivity index (χ0n) is 18.4. The molecule has 0 spiro atoms. The van der Waals surface area contributed by atoms with E-state index in [9.17, 15) is 10.1 Å². The van der Waals surface area contributed by atoms with Crippen molar-refractivity contribution in [3.8, 4) is 6.07 Å². The minimum atomic E-state index is -0.160. The van der Waals surface area contributed by atoms with E-state index in [0.29, 0.717) is 22.8 Å². The number of halogens is 1. The Kier molecular flexibility index (Phi) is 6.69. The molecule has 2 aromatic carbocycles. The van der Waals surface area contributed by atoms with Gasteiger partial charge in [-0.2, -0.15) is 5.26 Å². The summed E-state index contributed by atoms with van der Waals surface area (Å²) in [6.45, 7) is 5.83. The summed E-state index contributed by atoms with van der Waals surface area (Å²) < 4.78 is 2.07. The largest absolute Gasteiger partial charge is 0.343 e. The molecule has 1 heterocycles. The fourth-order valence-electron chi connectivity index (χ4n) is 4.56. The van der Waals surface area contributed by atoms with Crippen molar-refractivity contribution in [1.82, 2.24) is 14.8 Å². The van der Waals surface area contributed by atoms with E-state index in [0.717, 1.165) is 29.4 Å². The number of aromatic nitrogens is 1. The summed E-state index contributed by atoms with van der Waals surface area (Å²) in [6, 6.07) is 15.5. The van der Waals surface area contributed by atoms with Crippen molar-refractivity contribution in [3.05, 3.63) is 69.9 Å². The summed E-state index contributed by atoms with van der Waals surface area (Å²) in [7, 11) is 4.04. The molecule has 1 aliphatic rings. The Morgan fingerprint density at radius 2 is 2.00 bits per heavy atom. The number of nitriles is 1. The molecule has 1 aromatic heterocycles. The van der Waals surface area contributed by atoms with Gasteiger partial charge in [0.15, 0.2) is 0 Å². The summed E-state index contributed by atoms with van der Waals surface area (Å²) >= 11 is 6.20.